The second-order valence-electron chi connectivity index (χ2n) is 7.24. The predicted molar refractivity (Wildman–Crippen MR) is 111 cm³/mol. The summed E-state index contributed by atoms with van der Waals surface area (Å²) >= 11 is 0. The maximum Gasteiger partial charge on any atom is 0.253 e. The monoisotopic (exact) mass is 391 g/mol. The average Bonchev–Trinajstić information content (AvgIpc) is 3.29. The van der Waals surface area contributed by atoms with Crippen molar-refractivity contribution < 1.29 is 14.3 Å². The van der Waals surface area contributed by atoms with E-state index in [-0.39, 0.29) is 5.91 Å². The number of likely N-dealkylation sites (tertiary alicyclic amines) is 1. The Hall–Kier alpha value is -3.28. The highest BCUT2D eigenvalue weighted by Gasteiger charge is 2.26. The molecular formula is C23H25N3O3. The molecule has 0 bridgehead atoms. The van der Waals surface area contributed by atoms with Gasteiger partial charge in [-0.15, -0.1) is 0 Å². The van der Waals surface area contributed by atoms with Gasteiger partial charge in [0.2, 0.25) is 0 Å². The number of piperidine rings is 1. The number of hydrogen-bond acceptors (Lipinski definition) is 4. The van der Waals surface area contributed by atoms with Crippen LogP contribution >= 0.6 is 0 Å². The maximum atomic E-state index is 12.8. The summed E-state index contributed by atoms with van der Waals surface area (Å²) in [5.41, 5.74) is 3.73. The first kappa shape index (κ1) is 19.1. The Labute approximate surface area is 170 Å². The maximum absolute atomic E-state index is 12.8. The van der Waals surface area contributed by atoms with Crippen molar-refractivity contribution in [3.63, 3.8) is 0 Å². The lowest BCUT2D eigenvalue weighted by Gasteiger charge is -2.31. The molecule has 2 heterocycles. The Morgan fingerprint density at radius 1 is 1.00 bits per heavy atom. The minimum atomic E-state index is 0.0593. The molecule has 2 aromatic carbocycles. The van der Waals surface area contributed by atoms with Crippen LogP contribution < -0.4 is 9.47 Å². The highest BCUT2D eigenvalue weighted by molar-refractivity contribution is 5.94. The van der Waals surface area contributed by atoms with Crippen molar-refractivity contribution in [3.05, 3.63) is 65.9 Å². The number of H-pyrrole nitrogens is 1. The molecule has 1 saturated heterocycles. The van der Waals surface area contributed by atoms with Crippen molar-refractivity contribution >= 4 is 5.91 Å². The summed E-state index contributed by atoms with van der Waals surface area (Å²) in [5, 5.41) is 7.67. The van der Waals surface area contributed by atoms with Crippen molar-refractivity contribution in [1.29, 1.82) is 0 Å². The molecule has 3 aromatic rings. The van der Waals surface area contributed by atoms with E-state index in [4.69, 9.17) is 9.47 Å². The van der Waals surface area contributed by atoms with Gasteiger partial charge in [-0.1, -0.05) is 18.2 Å². The molecular weight excluding hydrogens is 366 g/mol. The fraction of sp³-hybridized carbons (Fsp3) is 0.304. The van der Waals surface area contributed by atoms with Crippen LogP contribution in [0.25, 0.3) is 11.3 Å². The van der Waals surface area contributed by atoms with Gasteiger partial charge in [0.25, 0.3) is 5.91 Å². The van der Waals surface area contributed by atoms with Crippen LogP contribution in [0.15, 0.2) is 54.6 Å². The van der Waals surface area contributed by atoms with Gasteiger partial charge < -0.3 is 14.4 Å². The molecule has 0 atom stereocenters. The Bertz CT molecular complexity index is 990. The highest BCUT2D eigenvalue weighted by Crippen LogP contribution is 2.31. The molecule has 6 nitrogen and oxygen atoms in total. The number of aromatic amines is 1. The minimum Gasteiger partial charge on any atom is -0.497 e. The van der Waals surface area contributed by atoms with Crippen LogP contribution in [-0.4, -0.2) is 48.3 Å². The first-order valence-corrected chi connectivity index (χ1v) is 9.81. The van der Waals surface area contributed by atoms with Gasteiger partial charge in [0.15, 0.2) is 0 Å². The number of amides is 1. The summed E-state index contributed by atoms with van der Waals surface area (Å²) in [7, 11) is 3.27. The number of methoxy groups -OCH3 is 2. The topological polar surface area (TPSA) is 67.4 Å². The van der Waals surface area contributed by atoms with E-state index < -0.39 is 0 Å². The zero-order valence-electron chi connectivity index (χ0n) is 16.7. The molecule has 0 radical (unpaired) electrons. The lowest BCUT2D eigenvalue weighted by Crippen LogP contribution is -2.38. The van der Waals surface area contributed by atoms with E-state index in [1.807, 2.05) is 47.4 Å². The predicted octanol–water partition coefficient (Wildman–Crippen LogP) is 4.11. The van der Waals surface area contributed by atoms with Crippen molar-refractivity contribution in [2.75, 3.05) is 27.3 Å². The summed E-state index contributed by atoms with van der Waals surface area (Å²) in [6.07, 6.45) is 1.82. The Balaban J connectivity index is 1.41. The van der Waals surface area contributed by atoms with Crippen molar-refractivity contribution in [3.8, 4) is 22.8 Å². The van der Waals surface area contributed by atoms with Gasteiger partial charge in [-0.05, 0) is 49.2 Å². The molecule has 29 heavy (non-hydrogen) atoms. The molecule has 6 heteroatoms. The smallest absolute Gasteiger partial charge is 0.253 e. The molecule has 0 saturated carbocycles. The number of carbonyl (C=O) groups excluding carboxylic acids is 1. The average molecular weight is 391 g/mol. The summed E-state index contributed by atoms with van der Waals surface area (Å²) in [6.45, 7) is 1.46. The zero-order valence-corrected chi connectivity index (χ0v) is 16.7. The number of rotatable bonds is 5. The van der Waals surface area contributed by atoms with E-state index in [2.05, 4.69) is 16.3 Å². The number of hydrogen-bond donors (Lipinski definition) is 1. The zero-order chi connectivity index (χ0) is 20.2. The Morgan fingerprint density at radius 2 is 1.69 bits per heavy atom. The number of nitrogens with zero attached hydrogens (tertiary/aromatic N) is 2. The first-order valence-electron chi connectivity index (χ1n) is 9.81. The van der Waals surface area contributed by atoms with Crippen LogP contribution in [-0.2, 0) is 0 Å². The minimum absolute atomic E-state index is 0.0593. The molecule has 1 fully saturated rings. The van der Waals surface area contributed by atoms with E-state index in [0.29, 0.717) is 17.2 Å². The molecule has 1 aliphatic heterocycles. The lowest BCUT2D eigenvalue weighted by atomic mass is 9.92. The van der Waals surface area contributed by atoms with Gasteiger partial charge in [0.05, 0.1) is 19.9 Å². The molecule has 1 N–H and O–H groups in total. The summed E-state index contributed by atoms with van der Waals surface area (Å²) in [5.74, 6) is 1.95. The van der Waals surface area contributed by atoms with E-state index in [1.54, 1.807) is 20.3 Å². The standard InChI is InChI=1S/C23H25N3O3/c1-28-19-7-3-5-17(13-19)22-15-21(24-25-22)16-9-11-26(12-10-16)23(27)18-6-4-8-20(14-18)29-2/h3-8,13-16H,9-12H2,1-2H3,(H,24,25). The molecule has 1 aliphatic rings. The highest BCUT2D eigenvalue weighted by atomic mass is 16.5. The van der Waals surface area contributed by atoms with E-state index in [0.717, 1.165) is 48.6 Å². The van der Waals surface area contributed by atoms with Gasteiger partial charge in [0, 0.05) is 35.8 Å². The Kier molecular flexibility index (Phi) is 5.51. The van der Waals surface area contributed by atoms with E-state index in [9.17, 15) is 4.79 Å². The number of nitrogens with one attached hydrogen (secondary N) is 1. The third-order valence-corrected chi connectivity index (χ3v) is 5.50. The van der Waals surface area contributed by atoms with Gasteiger partial charge >= 0.3 is 0 Å². The molecule has 150 valence electrons. The SMILES string of the molecule is COc1cccc(C(=O)N2CCC(c3cc(-c4cccc(OC)c4)n[nH]3)CC2)c1. The van der Waals surface area contributed by atoms with Gasteiger partial charge in [-0.3, -0.25) is 9.89 Å². The van der Waals surface area contributed by atoms with Crippen LogP contribution in [0.4, 0.5) is 0 Å². The lowest BCUT2D eigenvalue weighted by molar-refractivity contribution is 0.0711. The van der Waals surface area contributed by atoms with Crippen molar-refractivity contribution in [2.24, 2.45) is 0 Å². The fourth-order valence-electron chi connectivity index (χ4n) is 3.81. The Morgan fingerprint density at radius 3 is 2.41 bits per heavy atom. The molecule has 1 aromatic heterocycles. The summed E-state index contributed by atoms with van der Waals surface area (Å²) in [4.78, 5) is 14.7. The largest absolute Gasteiger partial charge is 0.497 e. The third kappa shape index (κ3) is 4.11. The number of carbonyl (C=O) groups is 1. The molecule has 1 amide bonds. The van der Waals surface area contributed by atoms with Crippen LogP contribution in [0, 0.1) is 0 Å². The quantitative estimate of drug-likeness (QED) is 0.711. The molecule has 0 unspecified atom stereocenters. The molecule has 4 rings (SSSR count). The fourth-order valence-corrected chi connectivity index (χ4v) is 3.81. The normalized spacial score (nSPS) is 14.6. The number of aromatic nitrogens is 2. The van der Waals surface area contributed by atoms with Crippen LogP contribution in [0.3, 0.4) is 0 Å². The van der Waals surface area contributed by atoms with Crippen LogP contribution in [0.2, 0.25) is 0 Å². The van der Waals surface area contributed by atoms with E-state index >= 15 is 0 Å². The molecule has 0 spiro atoms. The van der Waals surface area contributed by atoms with Gasteiger partial charge in [-0.2, -0.15) is 5.10 Å². The van der Waals surface area contributed by atoms with Crippen LogP contribution in [0.1, 0.15) is 34.8 Å². The molecule has 0 aliphatic carbocycles. The number of ether oxygens (including phenoxy) is 2. The third-order valence-electron chi connectivity index (χ3n) is 5.50. The van der Waals surface area contributed by atoms with E-state index in [1.165, 1.54) is 0 Å². The van der Waals surface area contributed by atoms with Gasteiger partial charge in [-0.25, -0.2) is 0 Å². The summed E-state index contributed by atoms with van der Waals surface area (Å²) < 4.78 is 10.5. The second kappa shape index (κ2) is 8.39. The second-order valence-corrected chi connectivity index (χ2v) is 7.24. The van der Waals surface area contributed by atoms with Crippen LogP contribution in [0.5, 0.6) is 11.5 Å². The summed E-state index contributed by atoms with van der Waals surface area (Å²) in [6, 6.07) is 17.3. The van der Waals surface area contributed by atoms with Gasteiger partial charge in [0.1, 0.15) is 11.5 Å². The first-order chi connectivity index (χ1) is 14.2. The van der Waals surface area contributed by atoms with Crippen molar-refractivity contribution in [1.82, 2.24) is 15.1 Å². The number of benzene rings is 2. The van der Waals surface area contributed by atoms with Crippen molar-refractivity contribution in [2.45, 2.75) is 18.8 Å².